The van der Waals surface area contributed by atoms with E-state index in [4.69, 9.17) is 0 Å². The highest BCUT2D eigenvalue weighted by atomic mass is 35.5. The first-order valence-electron chi connectivity index (χ1n) is 7.56. The van der Waals surface area contributed by atoms with Crippen LogP contribution in [0.25, 0.3) is 0 Å². The van der Waals surface area contributed by atoms with Gasteiger partial charge in [-0.15, -0.1) is 12.4 Å². The third kappa shape index (κ3) is 5.93. The second kappa shape index (κ2) is 9.62. The van der Waals surface area contributed by atoms with Gasteiger partial charge in [-0.1, -0.05) is 12.1 Å². The number of amides is 1. The Morgan fingerprint density at radius 2 is 2.04 bits per heavy atom. The van der Waals surface area contributed by atoms with E-state index < -0.39 is 10.0 Å². The van der Waals surface area contributed by atoms with Crippen LogP contribution >= 0.6 is 24.2 Å². The highest BCUT2D eigenvalue weighted by Crippen LogP contribution is 2.17. The van der Waals surface area contributed by atoms with E-state index in [1.54, 1.807) is 24.3 Å². The number of sulfonamides is 1. The van der Waals surface area contributed by atoms with E-state index in [0.717, 1.165) is 23.6 Å². The maximum atomic E-state index is 12.1. The van der Waals surface area contributed by atoms with Crippen molar-refractivity contribution in [3.8, 4) is 0 Å². The molecule has 1 fully saturated rings. The first-order valence-corrected chi connectivity index (χ1v) is 10.2. The minimum absolute atomic E-state index is 0. The molecule has 1 amide bonds. The van der Waals surface area contributed by atoms with Gasteiger partial charge in [-0.2, -0.15) is 11.8 Å². The number of thioether (sulfide) groups is 1. The van der Waals surface area contributed by atoms with Crippen molar-refractivity contribution in [3.63, 3.8) is 0 Å². The molecule has 24 heavy (non-hydrogen) atoms. The molecule has 1 aliphatic rings. The molecule has 1 saturated heterocycles. The maximum Gasteiger partial charge on any atom is 0.240 e. The minimum atomic E-state index is -3.43. The van der Waals surface area contributed by atoms with Gasteiger partial charge >= 0.3 is 0 Å². The number of hydrogen-bond acceptors (Lipinski definition) is 5. The number of carbonyl (C=O) groups is 1. The number of benzene rings is 1. The summed E-state index contributed by atoms with van der Waals surface area (Å²) in [7, 11) is -2.05. The molecule has 9 heteroatoms. The Bertz CT molecular complexity index is 632. The molecular weight excluding hydrogens is 370 g/mol. The Hall–Kier alpha value is -0.800. The third-order valence-electron chi connectivity index (χ3n) is 3.77. The second-order valence-electron chi connectivity index (χ2n) is 5.50. The van der Waals surface area contributed by atoms with Crippen molar-refractivity contribution in [2.45, 2.75) is 30.3 Å². The van der Waals surface area contributed by atoms with E-state index in [9.17, 15) is 13.2 Å². The summed E-state index contributed by atoms with van der Waals surface area (Å²) >= 11 is 1.86. The first-order chi connectivity index (χ1) is 10.9. The Balaban J connectivity index is 0.00000288. The monoisotopic (exact) mass is 393 g/mol. The molecule has 1 heterocycles. The molecule has 1 aliphatic heterocycles. The van der Waals surface area contributed by atoms with Crippen LogP contribution in [0.5, 0.6) is 0 Å². The molecule has 3 N–H and O–H groups in total. The Morgan fingerprint density at radius 1 is 1.38 bits per heavy atom. The van der Waals surface area contributed by atoms with Crippen molar-refractivity contribution >= 4 is 40.1 Å². The van der Waals surface area contributed by atoms with Gasteiger partial charge in [-0.25, -0.2) is 13.1 Å². The second-order valence-corrected chi connectivity index (χ2v) is 8.53. The predicted molar refractivity (Wildman–Crippen MR) is 100 cm³/mol. The molecule has 0 bridgehead atoms. The van der Waals surface area contributed by atoms with Crippen molar-refractivity contribution in [2.75, 3.05) is 25.1 Å². The zero-order valence-electron chi connectivity index (χ0n) is 13.7. The Labute approximate surface area is 154 Å². The van der Waals surface area contributed by atoms with Crippen LogP contribution in [0.2, 0.25) is 0 Å². The highest BCUT2D eigenvalue weighted by Gasteiger charge is 2.18. The normalized spacial score (nSPS) is 19.2. The molecule has 0 aromatic heterocycles. The smallest absolute Gasteiger partial charge is 0.240 e. The van der Waals surface area contributed by atoms with Gasteiger partial charge in [0.2, 0.25) is 15.9 Å². The van der Waals surface area contributed by atoms with Crippen molar-refractivity contribution in [2.24, 2.45) is 0 Å². The number of hydrogen-bond donors (Lipinski definition) is 3. The van der Waals surface area contributed by atoms with Gasteiger partial charge in [0.15, 0.2) is 0 Å². The summed E-state index contributed by atoms with van der Waals surface area (Å²) in [6.07, 6.45) is 0.462. The molecular formula is C15H24ClN3O3S2. The fourth-order valence-electron chi connectivity index (χ4n) is 2.41. The molecule has 2 atom stereocenters. The van der Waals surface area contributed by atoms with Crippen molar-refractivity contribution < 1.29 is 13.2 Å². The van der Waals surface area contributed by atoms with Crippen LogP contribution in [0.1, 0.15) is 24.9 Å². The van der Waals surface area contributed by atoms with Crippen LogP contribution < -0.4 is 15.4 Å². The summed E-state index contributed by atoms with van der Waals surface area (Å²) in [6.45, 7) is 2.84. The quantitative estimate of drug-likeness (QED) is 0.677. The van der Waals surface area contributed by atoms with Gasteiger partial charge in [-0.05, 0) is 31.7 Å². The molecule has 2 rings (SSSR count). The summed E-state index contributed by atoms with van der Waals surface area (Å²) in [6, 6.07) is 6.61. The van der Waals surface area contributed by atoms with Crippen LogP contribution in [-0.2, 0) is 14.8 Å². The van der Waals surface area contributed by atoms with Crippen LogP contribution in [0.4, 0.5) is 0 Å². The lowest BCUT2D eigenvalue weighted by atomic mass is 10.1. The molecule has 0 radical (unpaired) electrons. The third-order valence-corrected chi connectivity index (χ3v) is 6.33. The fourth-order valence-corrected chi connectivity index (χ4v) is 4.09. The molecule has 0 spiro atoms. The van der Waals surface area contributed by atoms with Gasteiger partial charge in [0, 0.05) is 30.5 Å². The lowest BCUT2D eigenvalue weighted by Gasteiger charge is -2.23. The summed E-state index contributed by atoms with van der Waals surface area (Å²) < 4.78 is 25.7. The number of rotatable bonds is 6. The number of carbonyl (C=O) groups excluding carboxylic acids is 1. The van der Waals surface area contributed by atoms with Crippen LogP contribution in [0, 0.1) is 0 Å². The maximum absolute atomic E-state index is 12.1. The van der Waals surface area contributed by atoms with Crippen molar-refractivity contribution in [3.05, 3.63) is 29.8 Å². The van der Waals surface area contributed by atoms with Gasteiger partial charge in [0.25, 0.3) is 0 Å². The number of nitrogens with one attached hydrogen (secondary N) is 3. The fraction of sp³-hybridized carbons (Fsp3) is 0.533. The zero-order chi connectivity index (χ0) is 16.9. The summed E-state index contributed by atoms with van der Waals surface area (Å²) in [5.41, 5.74) is 0.874. The van der Waals surface area contributed by atoms with Gasteiger partial charge in [0.05, 0.1) is 10.9 Å². The van der Waals surface area contributed by atoms with Crippen LogP contribution in [0.15, 0.2) is 29.2 Å². The van der Waals surface area contributed by atoms with E-state index in [0.29, 0.717) is 6.42 Å². The van der Waals surface area contributed by atoms with Crippen molar-refractivity contribution in [1.29, 1.82) is 0 Å². The standard InChI is InChI=1S/C15H23N3O3S2.ClH/c1-11(18-15(19)9-13-10-22-8-7-17-13)12-3-5-14(6-4-12)23(20,21)16-2;/h3-6,11,13,16-17H,7-10H2,1-2H3,(H,18,19);1H. The first kappa shape index (κ1) is 21.2. The molecule has 0 saturated carbocycles. The molecule has 1 aromatic carbocycles. The van der Waals surface area contributed by atoms with Crippen LogP contribution in [-0.4, -0.2) is 45.5 Å². The average molecular weight is 394 g/mol. The Kier molecular flexibility index (Phi) is 8.52. The zero-order valence-corrected chi connectivity index (χ0v) is 16.2. The lowest BCUT2D eigenvalue weighted by molar-refractivity contribution is -0.122. The molecule has 0 aliphatic carbocycles. The van der Waals surface area contributed by atoms with E-state index in [2.05, 4.69) is 15.4 Å². The average Bonchev–Trinajstić information content (AvgIpc) is 2.55. The van der Waals surface area contributed by atoms with E-state index in [1.165, 1.54) is 7.05 Å². The molecule has 2 unspecified atom stereocenters. The van der Waals surface area contributed by atoms with Gasteiger partial charge in [-0.3, -0.25) is 4.79 Å². The summed E-state index contributed by atoms with van der Waals surface area (Å²) in [5, 5.41) is 6.30. The number of halogens is 1. The predicted octanol–water partition coefficient (Wildman–Crippen LogP) is 1.29. The van der Waals surface area contributed by atoms with Gasteiger partial charge in [0.1, 0.15) is 0 Å². The lowest BCUT2D eigenvalue weighted by Crippen LogP contribution is -2.41. The summed E-state index contributed by atoms with van der Waals surface area (Å²) in [4.78, 5) is 12.3. The van der Waals surface area contributed by atoms with Crippen molar-refractivity contribution in [1.82, 2.24) is 15.4 Å². The topological polar surface area (TPSA) is 87.3 Å². The molecule has 6 nitrogen and oxygen atoms in total. The van der Waals surface area contributed by atoms with Gasteiger partial charge < -0.3 is 10.6 Å². The summed E-state index contributed by atoms with van der Waals surface area (Å²) in [5.74, 6) is 2.05. The minimum Gasteiger partial charge on any atom is -0.350 e. The SMILES string of the molecule is CNS(=O)(=O)c1ccc(C(C)NC(=O)CC2CSCCN2)cc1.Cl. The highest BCUT2D eigenvalue weighted by molar-refractivity contribution is 7.99. The van der Waals surface area contributed by atoms with E-state index >= 15 is 0 Å². The molecule has 136 valence electrons. The Morgan fingerprint density at radius 3 is 2.58 bits per heavy atom. The van der Waals surface area contributed by atoms with E-state index in [-0.39, 0.29) is 35.3 Å². The van der Waals surface area contributed by atoms with E-state index in [1.807, 2.05) is 18.7 Å². The van der Waals surface area contributed by atoms with Crippen LogP contribution in [0.3, 0.4) is 0 Å². The largest absolute Gasteiger partial charge is 0.350 e. The molecule has 1 aromatic rings.